The highest BCUT2D eigenvalue weighted by Crippen LogP contribution is 2.48. The fraction of sp³-hybridized carbons (Fsp3) is 0.607. The third kappa shape index (κ3) is 5.17. The molecule has 1 saturated carbocycles. The highest BCUT2D eigenvalue weighted by atomic mass is 16.6. The second-order valence-corrected chi connectivity index (χ2v) is 12.1. The molecule has 2 bridgehead atoms. The zero-order chi connectivity index (χ0) is 28.2. The maximum atomic E-state index is 13.7. The lowest BCUT2D eigenvalue weighted by Gasteiger charge is -2.39. The average molecular weight is 538 g/mol. The number of likely N-dealkylation sites (tertiary alicyclic amines) is 3. The summed E-state index contributed by atoms with van der Waals surface area (Å²) in [4.78, 5) is 56.5. The number of carbonyl (C=O) groups excluding carboxylic acids is 3. The second-order valence-electron chi connectivity index (χ2n) is 12.1. The largest absolute Gasteiger partial charge is 0.478 e. The number of carboxylic acid groups (broad SMARTS) is 1. The van der Waals surface area contributed by atoms with Gasteiger partial charge < -0.3 is 25.0 Å². The highest BCUT2D eigenvalue weighted by Gasteiger charge is 2.56. The van der Waals surface area contributed by atoms with Crippen LogP contribution < -0.4 is 5.32 Å². The predicted octanol–water partition coefficient (Wildman–Crippen LogP) is 2.14. The minimum atomic E-state index is -1.00. The third-order valence-electron chi connectivity index (χ3n) is 8.29. The molecule has 3 heterocycles. The van der Waals surface area contributed by atoms with Crippen molar-refractivity contribution in [2.75, 3.05) is 13.1 Å². The van der Waals surface area contributed by atoms with E-state index in [9.17, 15) is 29.5 Å². The summed E-state index contributed by atoms with van der Waals surface area (Å²) in [5.74, 6) is -1.03. The molecular weight excluding hydrogens is 502 g/mol. The quantitative estimate of drug-likeness (QED) is 0.539. The number of carboxylic acids is 1. The first kappa shape index (κ1) is 26.9. The number of nitriles is 1. The number of fused-ring (bicyclic) bond motifs is 3. The van der Waals surface area contributed by atoms with Crippen molar-refractivity contribution in [1.82, 2.24) is 20.0 Å². The number of alkyl carbamates (subject to hydrolysis) is 1. The Morgan fingerprint density at radius 2 is 1.87 bits per heavy atom. The van der Waals surface area contributed by atoms with E-state index in [4.69, 9.17) is 4.74 Å². The van der Waals surface area contributed by atoms with Gasteiger partial charge in [0.2, 0.25) is 11.8 Å². The number of piperazine rings is 1. The SMILES string of the molecule is C[C@H](c1ccc(C(=O)O)cc1)N1C(=O)[C@H]2C[C@@H]1CN2C[C@H](NC(=O)OC(C)(C)C)C(=O)N1[C@H](C#N)C[C@@H]2C[C@@H]21. The number of nitrogens with zero attached hydrogens (tertiary/aromatic N) is 4. The van der Waals surface area contributed by atoms with E-state index in [1.54, 1.807) is 37.8 Å². The first-order chi connectivity index (χ1) is 18.4. The van der Waals surface area contributed by atoms with Crippen LogP contribution in [0.25, 0.3) is 0 Å². The number of hydrogen-bond donors (Lipinski definition) is 2. The third-order valence-corrected chi connectivity index (χ3v) is 8.29. The molecule has 7 atom stereocenters. The van der Waals surface area contributed by atoms with Gasteiger partial charge >= 0.3 is 12.1 Å². The number of benzene rings is 1. The lowest BCUT2D eigenvalue weighted by molar-refractivity contribution is -0.141. The second kappa shape index (κ2) is 9.83. The van der Waals surface area contributed by atoms with E-state index in [0.29, 0.717) is 25.3 Å². The number of rotatable bonds is 7. The van der Waals surface area contributed by atoms with Crippen LogP contribution in [0.5, 0.6) is 0 Å². The topological polar surface area (TPSA) is 143 Å². The average Bonchev–Trinajstić information content (AvgIpc) is 3.18. The molecular formula is C28H35N5O6. The van der Waals surface area contributed by atoms with Crippen LogP contribution in [0.1, 0.15) is 68.9 Å². The Kier molecular flexibility index (Phi) is 6.79. The van der Waals surface area contributed by atoms with Crippen molar-refractivity contribution in [1.29, 1.82) is 5.26 Å². The van der Waals surface area contributed by atoms with E-state index in [0.717, 1.165) is 12.0 Å². The van der Waals surface area contributed by atoms with Crippen molar-refractivity contribution in [3.05, 3.63) is 35.4 Å². The van der Waals surface area contributed by atoms with Crippen molar-refractivity contribution in [2.45, 2.75) is 88.8 Å². The van der Waals surface area contributed by atoms with Gasteiger partial charge in [-0.3, -0.25) is 14.5 Å². The van der Waals surface area contributed by atoms with E-state index >= 15 is 0 Å². The highest BCUT2D eigenvalue weighted by molar-refractivity contribution is 5.89. The fourth-order valence-corrected chi connectivity index (χ4v) is 6.40. The lowest BCUT2D eigenvalue weighted by Crippen LogP contribution is -2.59. The molecule has 5 rings (SSSR count). The molecule has 11 nitrogen and oxygen atoms in total. The molecule has 208 valence electrons. The number of carbonyl (C=O) groups is 4. The summed E-state index contributed by atoms with van der Waals surface area (Å²) in [6.07, 6.45) is 1.42. The van der Waals surface area contributed by atoms with Gasteiger partial charge in [-0.2, -0.15) is 5.26 Å². The summed E-state index contributed by atoms with van der Waals surface area (Å²) in [7, 11) is 0. The molecule has 1 aromatic rings. The Bertz CT molecular complexity index is 1220. The molecule has 1 aromatic carbocycles. The van der Waals surface area contributed by atoms with Gasteiger partial charge in [-0.05, 0) is 70.6 Å². The van der Waals surface area contributed by atoms with Gasteiger partial charge in [-0.25, -0.2) is 9.59 Å². The van der Waals surface area contributed by atoms with E-state index < -0.39 is 35.8 Å². The molecule has 4 fully saturated rings. The van der Waals surface area contributed by atoms with E-state index in [1.807, 2.05) is 16.7 Å². The van der Waals surface area contributed by atoms with Gasteiger partial charge in [0, 0.05) is 25.2 Å². The summed E-state index contributed by atoms with van der Waals surface area (Å²) < 4.78 is 5.42. The molecule has 0 spiro atoms. The number of nitrogens with one attached hydrogen (secondary N) is 1. The summed E-state index contributed by atoms with van der Waals surface area (Å²) >= 11 is 0. The molecule has 3 amide bonds. The standard InChI is InChI=1S/C28H35N5O6/c1-15(16-5-7-17(8-6-16)26(36)37)32-20-11-23(25(32)35)31(13-20)14-21(30-27(38)39-28(2,3)4)24(34)33-19(12-29)9-18-10-22(18)33/h5-8,15,18-23H,9-11,13-14H2,1-4H3,(H,30,38)(H,36,37)/t15-,18-,19+,20-,21+,22+,23-/m1/s1. The number of ether oxygens (including phenoxy) is 1. The van der Waals surface area contributed by atoms with Crippen molar-refractivity contribution in [3.8, 4) is 6.07 Å². The Morgan fingerprint density at radius 1 is 1.18 bits per heavy atom. The van der Waals surface area contributed by atoms with Gasteiger partial charge in [-0.1, -0.05) is 12.1 Å². The number of aromatic carboxylic acids is 1. The van der Waals surface area contributed by atoms with E-state index in [-0.39, 0.29) is 42.0 Å². The van der Waals surface area contributed by atoms with Gasteiger partial charge in [0.15, 0.2) is 0 Å². The summed E-state index contributed by atoms with van der Waals surface area (Å²) in [5.41, 5.74) is 0.292. The zero-order valence-corrected chi connectivity index (χ0v) is 22.7. The smallest absolute Gasteiger partial charge is 0.408 e. The minimum absolute atomic E-state index is 0.0330. The van der Waals surface area contributed by atoms with Gasteiger partial charge in [0.25, 0.3) is 0 Å². The Morgan fingerprint density at radius 3 is 2.46 bits per heavy atom. The van der Waals surface area contributed by atoms with Crippen LogP contribution in [-0.2, 0) is 14.3 Å². The minimum Gasteiger partial charge on any atom is -0.478 e. The molecule has 1 aliphatic carbocycles. The first-order valence-electron chi connectivity index (χ1n) is 13.5. The number of amides is 3. The van der Waals surface area contributed by atoms with Crippen LogP contribution in [0.3, 0.4) is 0 Å². The fourth-order valence-electron chi connectivity index (χ4n) is 6.40. The van der Waals surface area contributed by atoms with Gasteiger partial charge in [0.1, 0.15) is 17.7 Å². The molecule has 11 heteroatoms. The van der Waals surface area contributed by atoms with Crippen molar-refractivity contribution in [3.63, 3.8) is 0 Å². The zero-order valence-electron chi connectivity index (χ0n) is 22.7. The normalized spacial score (nSPS) is 29.0. The Balaban J connectivity index is 1.30. The molecule has 0 aromatic heterocycles. The molecule has 3 saturated heterocycles. The van der Waals surface area contributed by atoms with Crippen LogP contribution in [0.4, 0.5) is 4.79 Å². The van der Waals surface area contributed by atoms with E-state index in [2.05, 4.69) is 11.4 Å². The van der Waals surface area contributed by atoms with Crippen LogP contribution in [0.2, 0.25) is 0 Å². The molecule has 4 aliphatic rings. The molecule has 0 radical (unpaired) electrons. The number of piperidine rings is 1. The van der Waals surface area contributed by atoms with E-state index in [1.165, 1.54) is 12.1 Å². The summed E-state index contributed by atoms with van der Waals surface area (Å²) in [5, 5.41) is 21.5. The van der Waals surface area contributed by atoms with Crippen molar-refractivity contribution >= 4 is 23.9 Å². The molecule has 3 aliphatic heterocycles. The van der Waals surface area contributed by atoms with Crippen LogP contribution >= 0.6 is 0 Å². The van der Waals surface area contributed by atoms with Crippen LogP contribution in [0.15, 0.2) is 24.3 Å². The Labute approximate surface area is 227 Å². The van der Waals surface area contributed by atoms with Gasteiger partial charge in [0.05, 0.1) is 23.7 Å². The number of hydrogen-bond acceptors (Lipinski definition) is 7. The predicted molar refractivity (Wildman–Crippen MR) is 138 cm³/mol. The maximum absolute atomic E-state index is 13.7. The monoisotopic (exact) mass is 537 g/mol. The van der Waals surface area contributed by atoms with Crippen molar-refractivity contribution < 1.29 is 29.0 Å². The molecule has 39 heavy (non-hydrogen) atoms. The van der Waals surface area contributed by atoms with Crippen LogP contribution in [-0.4, -0.2) is 92.6 Å². The summed E-state index contributed by atoms with van der Waals surface area (Å²) in [6.45, 7) is 7.85. The molecule has 2 N–H and O–H groups in total. The first-order valence-corrected chi connectivity index (χ1v) is 13.5. The molecule has 0 unspecified atom stereocenters. The maximum Gasteiger partial charge on any atom is 0.408 e. The lowest BCUT2D eigenvalue weighted by atomic mass is 10.0. The Hall–Kier alpha value is -3.65. The van der Waals surface area contributed by atoms with Gasteiger partial charge in [-0.15, -0.1) is 0 Å². The van der Waals surface area contributed by atoms with Crippen LogP contribution in [0, 0.1) is 17.2 Å². The summed E-state index contributed by atoms with van der Waals surface area (Å²) in [6, 6.07) is 6.62. The van der Waals surface area contributed by atoms with Crippen molar-refractivity contribution in [2.24, 2.45) is 5.92 Å².